The number of rotatable bonds is 8. The van der Waals surface area contributed by atoms with Crippen molar-refractivity contribution < 1.29 is 4.74 Å². The normalized spacial score (nSPS) is 12.4. The Bertz CT molecular complexity index is 218. The van der Waals surface area contributed by atoms with E-state index in [0.717, 1.165) is 18.3 Å². The summed E-state index contributed by atoms with van der Waals surface area (Å²) in [6.07, 6.45) is 4.21. The maximum atomic E-state index is 5.45. The van der Waals surface area contributed by atoms with E-state index in [1.165, 1.54) is 20.4 Å². The molecule has 0 aliphatic rings. The molecule has 0 bridgehead atoms. The summed E-state index contributed by atoms with van der Waals surface area (Å²) in [7, 11) is 3.69. The van der Waals surface area contributed by atoms with Crippen LogP contribution >= 0.6 is 23.5 Å². The average molecular weight is 309 g/mol. The molecule has 0 heterocycles. The van der Waals surface area contributed by atoms with Gasteiger partial charge in [-0.3, -0.25) is 0 Å². The van der Waals surface area contributed by atoms with E-state index in [-0.39, 0.29) is 0 Å². The number of thioether (sulfide) groups is 2. The fourth-order valence-electron chi connectivity index (χ4n) is 0.680. The van der Waals surface area contributed by atoms with Crippen LogP contribution in [0.3, 0.4) is 0 Å². The number of hydrogen-bond donors (Lipinski definition) is 0. The van der Waals surface area contributed by atoms with E-state index < -0.39 is 0 Å². The lowest BCUT2D eigenvalue weighted by atomic mass is 10.9. The van der Waals surface area contributed by atoms with Crippen molar-refractivity contribution in [3.8, 4) is 0 Å². The summed E-state index contributed by atoms with van der Waals surface area (Å²) in [5, 5.41) is 0. The summed E-state index contributed by atoms with van der Waals surface area (Å²) < 4.78 is 5.45. The lowest BCUT2D eigenvalue weighted by Gasteiger charge is -2.05. The third kappa shape index (κ3) is 10.2. The van der Waals surface area contributed by atoms with Gasteiger partial charge in [0.1, 0.15) is 0 Å². The predicted molar refractivity (Wildman–Crippen MR) is 81.9 cm³/mol. The zero-order chi connectivity index (χ0) is 10.6. The van der Waals surface area contributed by atoms with Crippen LogP contribution in [-0.4, -0.2) is 42.3 Å². The minimum Gasteiger partial charge on any atom is -0.370 e. The molecule has 0 N–H and O–H groups in total. The van der Waals surface area contributed by atoms with Crippen LogP contribution in [0.15, 0.2) is 0 Å². The van der Waals surface area contributed by atoms with Crippen molar-refractivity contribution in [1.29, 1.82) is 0 Å². The van der Waals surface area contributed by atoms with Crippen LogP contribution in [0, 0.1) is 0 Å². The van der Waals surface area contributed by atoms with Crippen molar-refractivity contribution >= 4 is 61.9 Å². The van der Waals surface area contributed by atoms with Crippen molar-refractivity contribution in [2.75, 3.05) is 42.3 Å². The summed E-state index contributed by atoms with van der Waals surface area (Å²) in [4.78, 5) is 0. The van der Waals surface area contributed by atoms with Crippen molar-refractivity contribution in [1.82, 2.24) is 0 Å². The molecule has 1 atom stereocenters. The van der Waals surface area contributed by atoms with Crippen LogP contribution < -0.4 is 0 Å². The van der Waals surface area contributed by atoms with Gasteiger partial charge in [0.15, 0.2) is 0 Å². The largest absolute Gasteiger partial charge is 0.370 e. The summed E-state index contributed by atoms with van der Waals surface area (Å²) in [5.41, 5.74) is 0. The van der Waals surface area contributed by atoms with Crippen LogP contribution in [0.1, 0.15) is 0 Å². The van der Waals surface area contributed by atoms with Crippen LogP contribution in [0.25, 0.3) is 0 Å². The fraction of sp³-hybridized carbons (Fsp3) is 1.00. The molecule has 0 aromatic heterocycles. The van der Waals surface area contributed by atoms with Crippen molar-refractivity contribution in [2.45, 2.75) is 0 Å². The minimum absolute atomic E-state index is 0.393. The topological polar surface area (TPSA) is 9.23 Å². The molecule has 0 aliphatic carbocycles. The third-order valence-electron chi connectivity index (χ3n) is 1.30. The van der Waals surface area contributed by atoms with Gasteiger partial charge in [-0.05, 0) is 41.5 Å². The SMILES string of the molecule is CSCCS(CCOCSC)=S=S=S. The van der Waals surface area contributed by atoms with Gasteiger partial charge in [0, 0.05) is 17.3 Å². The molecule has 0 aliphatic heterocycles. The molecule has 1 unspecified atom stereocenters. The molecule has 0 saturated heterocycles. The molecule has 0 rings (SSSR count). The molecule has 14 heavy (non-hydrogen) atoms. The first kappa shape index (κ1) is 15.7. The van der Waals surface area contributed by atoms with Crippen LogP contribution in [0.5, 0.6) is 0 Å². The number of hydrogen-bond acceptors (Lipinski definition) is 4. The fourth-order valence-corrected chi connectivity index (χ4v) is 8.61. The Kier molecular flexibility index (Phi) is 14.3. The van der Waals surface area contributed by atoms with E-state index in [2.05, 4.69) is 12.5 Å². The molecule has 0 aromatic rings. The quantitative estimate of drug-likeness (QED) is 0.499. The second-order valence-electron chi connectivity index (χ2n) is 2.29. The third-order valence-corrected chi connectivity index (χ3v) is 9.57. The van der Waals surface area contributed by atoms with Gasteiger partial charge in [-0.2, -0.15) is 11.8 Å². The molecule has 86 valence electrons. The van der Waals surface area contributed by atoms with E-state index in [1.807, 2.05) is 20.6 Å². The van der Waals surface area contributed by atoms with E-state index in [1.54, 1.807) is 11.8 Å². The highest BCUT2D eigenvalue weighted by atomic mass is 33.2. The zero-order valence-corrected chi connectivity index (χ0v) is 13.3. The predicted octanol–water partition coefficient (Wildman–Crippen LogP) is 1.76. The highest BCUT2D eigenvalue weighted by molar-refractivity contribution is 8.58. The maximum absolute atomic E-state index is 5.45. The monoisotopic (exact) mass is 308 g/mol. The first-order valence-electron chi connectivity index (χ1n) is 4.05. The van der Waals surface area contributed by atoms with Crippen LogP contribution in [0.4, 0.5) is 0 Å². The van der Waals surface area contributed by atoms with Crippen LogP contribution in [-0.2, 0) is 43.1 Å². The van der Waals surface area contributed by atoms with Crippen molar-refractivity contribution in [3.63, 3.8) is 0 Å². The Labute approximate surface area is 108 Å². The van der Waals surface area contributed by atoms with Gasteiger partial charge in [0.05, 0.1) is 12.5 Å². The van der Waals surface area contributed by atoms with E-state index in [0.29, 0.717) is 9.45 Å². The Morgan fingerprint density at radius 2 is 2.00 bits per heavy atom. The lowest BCUT2D eigenvalue weighted by molar-refractivity contribution is 0.202. The van der Waals surface area contributed by atoms with Gasteiger partial charge in [-0.1, -0.05) is 0 Å². The highest BCUT2D eigenvalue weighted by Gasteiger charge is 1.95. The lowest BCUT2D eigenvalue weighted by Crippen LogP contribution is -2.09. The molecule has 0 spiro atoms. The zero-order valence-electron chi connectivity index (χ0n) is 8.39. The second-order valence-corrected chi connectivity index (χ2v) is 10.7. The van der Waals surface area contributed by atoms with E-state index in [4.69, 9.17) is 15.9 Å². The maximum Gasteiger partial charge on any atom is 0.0918 e. The highest BCUT2D eigenvalue weighted by Crippen LogP contribution is 1.96. The molecular weight excluding hydrogens is 292 g/mol. The smallest absolute Gasteiger partial charge is 0.0918 e. The van der Waals surface area contributed by atoms with E-state index in [9.17, 15) is 0 Å². The van der Waals surface area contributed by atoms with Crippen molar-refractivity contribution in [2.24, 2.45) is 0 Å². The molecule has 7 heteroatoms. The molecule has 0 aromatic carbocycles. The molecule has 0 fully saturated rings. The van der Waals surface area contributed by atoms with Gasteiger partial charge in [0.25, 0.3) is 0 Å². The first-order chi connectivity index (χ1) is 6.85. The Morgan fingerprint density at radius 1 is 1.21 bits per heavy atom. The van der Waals surface area contributed by atoms with Crippen molar-refractivity contribution in [3.05, 3.63) is 0 Å². The standard InChI is InChI=1S/C7H16OS6/c1-10-4-6-14(13-12-9)5-3-8-7-11-2/h3-7H2,1-2H3. The molecule has 1 nitrogen and oxygen atoms in total. The average Bonchev–Trinajstić information content (AvgIpc) is 2.20. The minimum atomic E-state index is 0.393. The molecular formula is C7H16OS6. The van der Waals surface area contributed by atoms with E-state index >= 15 is 0 Å². The summed E-state index contributed by atoms with van der Waals surface area (Å²) in [6, 6.07) is 0. The Balaban J connectivity index is 3.75. The molecule has 0 amide bonds. The van der Waals surface area contributed by atoms with Gasteiger partial charge in [-0.25, -0.2) is 0 Å². The Morgan fingerprint density at radius 3 is 2.57 bits per heavy atom. The first-order valence-corrected chi connectivity index (χ1v) is 12.0. The molecule has 0 saturated carbocycles. The summed E-state index contributed by atoms with van der Waals surface area (Å²) >= 11 is 8.55. The van der Waals surface area contributed by atoms with Gasteiger partial charge >= 0.3 is 0 Å². The van der Waals surface area contributed by atoms with Crippen LogP contribution in [0.2, 0.25) is 0 Å². The number of ether oxygens (including phenoxy) is 1. The summed E-state index contributed by atoms with van der Waals surface area (Å²) in [5.74, 6) is 4.45. The molecule has 0 radical (unpaired) electrons. The van der Waals surface area contributed by atoms with Gasteiger partial charge in [0.2, 0.25) is 0 Å². The van der Waals surface area contributed by atoms with Gasteiger partial charge in [-0.15, -0.1) is 21.2 Å². The van der Waals surface area contributed by atoms with Gasteiger partial charge < -0.3 is 4.74 Å². The summed E-state index contributed by atoms with van der Waals surface area (Å²) in [6.45, 7) is 0.876. The second kappa shape index (κ2) is 12.7. The Hall–Kier alpha value is 1.67.